The van der Waals surface area contributed by atoms with Gasteiger partial charge < -0.3 is 9.80 Å². The number of hydrogen-bond acceptors (Lipinski definition) is 2. The first-order chi connectivity index (χ1) is 12.5. The molecule has 1 aliphatic carbocycles. The van der Waals surface area contributed by atoms with Gasteiger partial charge in [-0.3, -0.25) is 9.59 Å². The molecule has 26 heavy (non-hydrogen) atoms. The Hall–Kier alpha value is -1.84. The van der Waals surface area contributed by atoms with Crippen LogP contribution in [0.25, 0.3) is 0 Å². The summed E-state index contributed by atoms with van der Waals surface area (Å²) in [6, 6.07) is 6.07. The van der Waals surface area contributed by atoms with E-state index in [2.05, 4.69) is 17.9 Å². The first-order valence-corrected chi connectivity index (χ1v) is 10.1. The van der Waals surface area contributed by atoms with E-state index in [4.69, 9.17) is 0 Å². The molecule has 4 nitrogen and oxygen atoms in total. The summed E-state index contributed by atoms with van der Waals surface area (Å²) >= 11 is 0. The molecule has 0 radical (unpaired) electrons. The van der Waals surface area contributed by atoms with Gasteiger partial charge in [0.15, 0.2) is 0 Å². The van der Waals surface area contributed by atoms with Gasteiger partial charge in [-0.25, -0.2) is 0 Å². The first kappa shape index (κ1) is 17.6. The number of amides is 2. The Morgan fingerprint density at radius 1 is 1.15 bits per heavy atom. The van der Waals surface area contributed by atoms with Gasteiger partial charge in [0.2, 0.25) is 5.91 Å². The second kappa shape index (κ2) is 6.71. The Morgan fingerprint density at radius 2 is 1.88 bits per heavy atom. The van der Waals surface area contributed by atoms with Crippen molar-refractivity contribution in [2.24, 2.45) is 11.3 Å². The minimum absolute atomic E-state index is 0.166. The molecule has 3 aliphatic rings. The van der Waals surface area contributed by atoms with E-state index in [-0.39, 0.29) is 11.3 Å². The number of carbonyl (C=O) groups excluding carboxylic acids is 2. The SMILES string of the molecule is Cc1ccc(C(=O)N2CCC3(CCC(=O)N(CC4CC4)C3)CC2)c(C)c1. The maximum absolute atomic E-state index is 12.9. The lowest BCUT2D eigenvalue weighted by Crippen LogP contribution is -2.52. The Kier molecular flexibility index (Phi) is 4.54. The zero-order valence-corrected chi connectivity index (χ0v) is 16.1. The van der Waals surface area contributed by atoms with E-state index in [1.54, 1.807) is 0 Å². The van der Waals surface area contributed by atoms with Crippen molar-refractivity contribution in [2.75, 3.05) is 26.2 Å². The summed E-state index contributed by atoms with van der Waals surface area (Å²) in [5.74, 6) is 1.26. The molecular formula is C22H30N2O2. The van der Waals surface area contributed by atoms with E-state index in [9.17, 15) is 9.59 Å². The highest BCUT2D eigenvalue weighted by Crippen LogP contribution is 2.42. The fourth-order valence-electron chi connectivity index (χ4n) is 4.70. The lowest BCUT2D eigenvalue weighted by Gasteiger charge is -2.47. The van der Waals surface area contributed by atoms with Crippen molar-refractivity contribution in [3.63, 3.8) is 0 Å². The molecule has 2 aliphatic heterocycles. The number of aryl methyl sites for hydroxylation is 2. The Bertz CT molecular complexity index is 715. The third-order valence-corrected chi connectivity index (χ3v) is 6.65. The van der Waals surface area contributed by atoms with Gasteiger partial charge in [-0.1, -0.05) is 17.7 Å². The predicted molar refractivity (Wildman–Crippen MR) is 102 cm³/mol. The predicted octanol–water partition coefficient (Wildman–Crippen LogP) is 3.56. The van der Waals surface area contributed by atoms with Crippen molar-refractivity contribution < 1.29 is 9.59 Å². The summed E-state index contributed by atoms with van der Waals surface area (Å²) in [6.07, 6.45) is 6.32. The number of likely N-dealkylation sites (tertiary alicyclic amines) is 2. The molecule has 1 saturated carbocycles. The Labute approximate surface area is 156 Å². The van der Waals surface area contributed by atoms with E-state index >= 15 is 0 Å². The molecular weight excluding hydrogens is 324 g/mol. The molecule has 1 spiro atoms. The van der Waals surface area contributed by atoms with Crippen LogP contribution < -0.4 is 0 Å². The molecule has 0 atom stereocenters. The zero-order chi connectivity index (χ0) is 18.3. The van der Waals surface area contributed by atoms with E-state index in [1.165, 1.54) is 18.4 Å². The van der Waals surface area contributed by atoms with Gasteiger partial charge in [-0.15, -0.1) is 0 Å². The monoisotopic (exact) mass is 354 g/mol. The molecule has 2 heterocycles. The van der Waals surface area contributed by atoms with E-state index in [0.717, 1.165) is 62.5 Å². The normalized spacial score (nSPS) is 22.8. The zero-order valence-electron chi connectivity index (χ0n) is 16.1. The number of carbonyl (C=O) groups is 2. The maximum atomic E-state index is 12.9. The average molecular weight is 354 g/mol. The van der Waals surface area contributed by atoms with Crippen LogP contribution in [-0.4, -0.2) is 47.8 Å². The second-order valence-electron chi connectivity index (χ2n) is 8.83. The largest absolute Gasteiger partial charge is 0.342 e. The number of piperidine rings is 2. The molecule has 3 fully saturated rings. The Balaban J connectivity index is 1.40. The molecule has 2 saturated heterocycles. The van der Waals surface area contributed by atoms with Crippen molar-refractivity contribution >= 4 is 11.8 Å². The molecule has 2 amide bonds. The summed E-state index contributed by atoms with van der Waals surface area (Å²) < 4.78 is 0. The standard InChI is InChI=1S/C22H30N2O2/c1-16-3-6-19(17(2)13-16)21(26)23-11-9-22(10-12-23)8-7-20(25)24(15-22)14-18-4-5-18/h3,6,13,18H,4-5,7-12,14-15H2,1-2H3. The third kappa shape index (κ3) is 3.51. The molecule has 140 valence electrons. The number of hydrogen-bond donors (Lipinski definition) is 0. The van der Waals surface area contributed by atoms with Crippen LogP contribution in [0.1, 0.15) is 60.0 Å². The van der Waals surface area contributed by atoms with Gasteiger partial charge in [-0.2, -0.15) is 0 Å². The molecule has 0 N–H and O–H groups in total. The summed E-state index contributed by atoms with van der Waals surface area (Å²) in [5, 5.41) is 0. The van der Waals surface area contributed by atoms with Crippen LogP contribution in [0, 0.1) is 25.2 Å². The van der Waals surface area contributed by atoms with Crippen molar-refractivity contribution in [2.45, 2.75) is 52.4 Å². The summed E-state index contributed by atoms with van der Waals surface area (Å²) in [6.45, 7) is 7.59. The van der Waals surface area contributed by atoms with Crippen molar-refractivity contribution in [3.05, 3.63) is 34.9 Å². The molecule has 1 aromatic rings. The highest BCUT2D eigenvalue weighted by Gasteiger charge is 2.42. The van der Waals surface area contributed by atoms with Crippen LogP contribution in [0.3, 0.4) is 0 Å². The minimum atomic E-state index is 0.166. The van der Waals surface area contributed by atoms with Gasteiger partial charge >= 0.3 is 0 Å². The van der Waals surface area contributed by atoms with Gasteiger partial charge in [0.05, 0.1) is 0 Å². The van der Waals surface area contributed by atoms with Crippen LogP contribution in [-0.2, 0) is 4.79 Å². The van der Waals surface area contributed by atoms with E-state index < -0.39 is 0 Å². The molecule has 0 bridgehead atoms. The molecule has 4 rings (SSSR count). The highest BCUT2D eigenvalue weighted by molar-refractivity contribution is 5.95. The second-order valence-corrected chi connectivity index (χ2v) is 8.83. The average Bonchev–Trinajstić information content (AvgIpc) is 3.43. The fourth-order valence-corrected chi connectivity index (χ4v) is 4.70. The summed E-state index contributed by atoms with van der Waals surface area (Å²) in [7, 11) is 0. The Morgan fingerprint density at radius 3 is 2.54 bits per heavy atom. The number of nitrogens with zero attached hydrogens (tertiary/aromatic N) is 2. The maximum Gasteiger partial charge on any atom is 0.254 e. The minimum Gasteiger partial charge on any atom is -0.342 e. The molecule has 0 aromatic heterocycles. The van der Waals surface area contributed by atoms with Gasteiger partial charge in [0.1, 0.15) is 0 Å². The highest BCUT2D eigenvalue weighted by atomic mass is 16.2. The lowest BCUT2D eigenvalue weighted by atomic mass is 9.72. The fraction of sp³-hybridized carbons (Fsp3) is 0.636. The van der Waals surface area contributed by atoms with E-state index in [1.807, 2.05) is 24.0 Å². The van der Waals surface area contributed by atoms with Gasteiger partial charge in [0.25, 0.3) is 5.91 Å². The lowest BCUT2D eigenvalue weighted by molar-refractivity contribution is -0.139. The summed E-state index contributed by atoms with van der Waals surface area (Å²) in [5.41, 5.74) is 3.33. The first-order valence-electron chi connectivity index (χ1n) is 10.1. The van der Waals surface area contributed by atoms with Crippen LogP contribution in [0.4, 0.5) is 0 Å². The smallest absolute Gasteiger partial charge is 0.254 e. The van der Waals surface area contributed by atoms with Crippen LogP contribution >= 0.6 is 0 Å². The van der Waals surface area contributed by atoms with Crippen molar-refractivity contribution in [3.8, 4) is 0 Å². The number of rotatable bonds is 3. The topological polar surface area (TPSA) is 40.6 Å². The van der Waals surface area contributed by atoms with Crippen molar-refractivity contribution in [1.29, 1.82) is 0 Å². The van der Waals surface area contributed by atoms with Crippen molar-refractivity contribution in [1.82, 2.24) is 9.80 Å². The van der Waals surface area contributed by atoms with Gasteiger partial charge in [-0.05, 0) is 68.9 Å². The number of benzene rings is 1. The molecule has 4 heteroatoms. The van der Waals surface area contributed by atoms with E-state index in [0.29, 0.717) is 12.3 Å². The van der Waals surface area contributed by atoms with Crippen LogP contribution in [0.15, 0.2) is 18.2 Å². The third-order valence-electron chi connectivity index (χ3n) is 6.65. The summed E-state index contributed by atoms with van der Waals surface area (Å²) in [4.78, 5) is 29.3. The van der Waals surface area contributed by atoms with Gasteiger partial charge in [0, 0.05) is 38.2 Å². The van der Waals surface area contributed by atoms with Crippen LogP contribution in [0.5, 0.6) is 0 Å². The quantitative estimate of drug-likeness (QED) is 0.833. The van der Waals surface area contributed by atoms with Crippen LogP contribution in [0.2, 0.25) is 0 Å². The molecule has 0 unspecified atom stereocenters. The molecule has 1 aromatic carbocycles.